The predicted octanol–water partition coefficient (Wildman–Crippen LogP) is 2.84. The number of benzene rings is 1. The van der Waals surface area contributed by atoms with E-state index in [4.69, 9.17) is 9.47 Å². The van der Waals surface area contributed by atoms with E-state index < -0.39 is 22.0 Å². The molecular formula is C20H21N3O5S3. The molecule has 2 aromatic heterocycles. The average Bonchev–Trinajstić information content (AvgIpc) is 3.51. The highest BCUT2D eigenvalue weighted by atomic mass is 32.2. The summed E-state index contributed by atoms with van der Waals surface area (Å²) >= 11 is 2.55. The summed E-state index contributed by atoms with van der Waals surface area (Å²) < 4.78 is 41.8. The highest BCUT2D eigenvalue weighted by Gasteiger charge is 2.40. The van der Waals surface area contributed by atoms with Gasteiger partial charge < -0.3 is 14.0 Å². The van der Waals surface area contributed by atoms with Crippen molar-refractivity contribution >= 4 is 48.8 Å². The number of thiophene rings is 1. The second-order valence-electron chi connectivity index (χ2n) is 7.25. The van der Waals surface area contributed by atoms with Gasteiger partial charge in [0.15, 0.2) is 16.3 Å². The zero-order chi connectivity index (χ0) is 21.6. The van der Waals surface area contributed by atoms with Crippen LogP contribution >= 0.6 is 22.7 Å². The standard InChI is InChI=1S/C20H21N3O5S3/c1-2-22-14-11-15-16(28-9-8-27-15)12-17(14)30-20(22)21-19(24)13-5-3-7-23(13)31(25,26)18-6-4-10-29-18/h4,6,10-13H,2-3,5,7-9H2,1H3. The fourth-order valence-corrected chi connectivity index (χ4v) is 7.85. The molecule has 2 aliphatic heterocycles. The molecule has 3 aromatic rings. The van der Waals surface area contributed by atoms with Crippen LogP contribution < -0.4 is 14.3 Å². The summed E-state index contributed by atoms with van der Waals surface area (Å²) in [5.74, 6) is 0.939. The molecule has 1 atom stereocenters. The van der Waals surface area contributed by atoms with Crippen LogP contribution in [-0.2, 0) is 21.4 Å². The first-order chi connectivity index (χ1) is 15.0. The Bertz CT molecular complexity index is 1310. The van der Waals surface area contributed by atoms with Gasteiger partial charge in [-0.3, -0.25) is 4.79 Å². The first-order valence-electron chi connectivity index (χ1n) is 10.1. The lowest BCUT2D eigenvalue weighted by Crippen LogP contribution is -2.40. The third-order valence-electron chi connectivity index (χ3n) is 5.42. The number of carbonyl (C=O) groups excluding carboxylic acids is 1. The second-order valence-corrected chi connectivity index (χ2v) is 11.3. The van der Waals surface area contributed by atoms with Crippen molar-refractivity contribution in [3.05, 3.63) is 34.4 Å². The first-order valence-corrected chi connectivity index (χ1v) is 13.2. The molecule has 31 heavy (non-hydrogen) atoms. The summed E-state index contributed by atoms with van der Waals surface area (Å²) in [5, 5.41) is 1.72. The van der Waals surface area contributed by atoms with E-state index in [1.54, 1.807) is 17.5 Å². The van der Waals surface area contributed by atoms with Crippen molar-refractivity contribution in [3.63, 3.8) is 0 Å². The number of ether oxygens (including phenoxy) is 2. The van der Waals surface area contributed by atoms with E-state index in [-0.39, 0.29) is 4.21 Å². The quantitative estimate of drug-likeness (QED) is 0.574. The third-order valence-corrected chi connectivity index (χ3v) is 9.74. The average molecular weight is 480 g/mol. The van der Waals surface area contributed by atoms with Crippen LogP contribution in [0.3, 0.4) is 0 Å². The van der Waals surface area contributed by atoms with Gasteiger partial charge in [-0.2, -0.15) is 9.30 Å². The maximum absolute atomic E-state index is 13.1. The maximum atomic E-state index is 13.1. The Balaban J connectivity index is 1.53. The number of hydrogen-bond donors (Lipinski definition) is 0. The normalized spacial score (nSPS) is 19.9. The number of aryl methyl sites for hydroxylation is 1. The molecule has 11 heteroatoms. The summed E-state index contributed by atoms with van der Waals surface area (Å²) in [4.78, 5) is 18.0. The number of carbonyl (C=O) groups is 1. The van der Waals surface area contributed by atoms with Crippen molar-refractivity contribution in [3.8, 4) is 11.5 Å². The van der Waals surface area contributed by atoms with Gasteiger partial charge in [-0.15, -0.1) is 11.3 Å². The van der Waals surface area contributed by atoms with Crippen LogP contribution in [0.15, 0.2) is 38.8 Å². The van der Waals surface area contributed by atoms with Gasteiger partial charge >= 0.3 is 0 Å². The van der Waals surface area contributed by atoms with Crippen LogP contribution in [0.5, 0.6) is 11.5 Å². The molecule has 0 saturated carbocycles. The van der Waals surface area contributed by atoms with Crippen molar-refractivity contribution in [2.75, 3.05) is 19.8 Å². The van der Waals surface area contributed by atoms with E-state index in [1.807, 2.05) is 23.6 Å². The van der Waals surface area contributed by atoms with Crippen LogP contribution in [-0.4, -0.2) is 49.0 Å². The predicted molar refractivity (Wildman–Crippen MR) is 118 cm³/mol. The van der Waals surface area contributed by atoms with Gasteiger partial charge in [-0.05, 0) is 31.2 Å². The number of aromatic nitrogens is 1. The molecule has 0 bridgehead atoms. The van der Waals surface area contributed by atoms with Crippen LogP contribution in [0.1, 0.15) is 19.8 Å². The Morgan fingerprint density at radius 2 is 2.03 bits per heavy atom. The van der Waals surface area contributed by atoms with Crippen molar-refractivity contribution in [2.24, 2.45) is 4.99 Å². The fraction of sp³-hybridized carbons (Fsp3) is 0.400. The van der Waals surface area contributed by atoms with E-state index in [2.05, 4.69) is 4.99 Å². The maximum Gasteiger partial charge on any atom is 0.266 e. The topological polar surface area (TPSA) is 90.2 Å². The van der Waals surface area contributed by atoms with Gasteiger partial charge in [-0.25, -0.2) is 8.42 Å². The van der Waals surface area contributed by atoms with Gasteiger partial charge in [0.25, 0.3) is 15.9 Å². The van der Waals surface area contributed by atoms with Crippen molar-refractivity contribution < 1.29 is 22.7 Å². The van der Waals surface area contributed by atoms with E-state index in [1.165, 1.54) is 15.6 Å². The van der Waals surface area contributed by atoms with Crippen molar-refractivity contribution in [2.45, 2.75) is 36.6 Å². The molecule has 1 unspecified atom stereocenters. The number of rotatable bonds is 4. The summed E-state index contributed by atoms with van der Waals surface area (Å²) in [6.45, 7) is 3.93. The van der Waals surface area contributed by atoms with Gasteiger partial charge in [0.2, 0.25) is 0 Å². The number of sulfonamides is 1. The molecule has 4 heterocycles. The second kappa shape index (κ2) is 8.05. The lowest BCUT2D eigenvalue weighted by molar-refractivity contribution is -0.121. The zero-order valence-electron chi connectivity index (χ0n) is 16.8. The van der Waals surface area contributed by atoms with E-state index in [9.17, 15) is 13.2 Å². The van der Waals surface area contributed by atoms with Gasteiger partial charge in [0.05, 0.1) is 10.2 Å². The largest absolute Gasteiger partial charge is 0.486 e. The Labute approximate surface area is 187 Å². The Hall–Kier alpha value is -2.21. The van der Waals surface area contributed by atoms with Crippen molar-refractivity contribution in [1.29, 1.82) is 0 Å². The van der Waals surface area contributed by atoms with E-state index in [0.717, 1.165) is 21.6 Å². The number of amides is 1. The van der Waals surface area contributed by atoms with E-state index >= 15 is 0 Å². The molecule has 0 radical (unpaired) electrons. The third kappa shape index (κ3) is 3.59. The molecule has 8 nitrogen and oxygen atoms in total. The molecule has 1 aromatic carbocycles. The number of thiazole rings is 1. The molecule has 0 spiro atoms. The van der Waals surface area contributed by atoms with Crippen LogP contribution in [0.25, 0.3) is 10.2 Å². The molecule has 0 N–H and O–H groups in total. The Morgan fingerprint density at radius 1 is 1.26 bits per heavy atom. The SMILES string of the molecule is CCn1c(=NC(=O)C2CCCN2S(=O)(=O)c2cccs2)sc2cc3c(cc21)OCCO3. The molecule has 2 aliphatic rings. The highest BCUT2D eigenvalue weighted by molar-refractivity contribution is 7.91. The van der Waals surface area contributed by atoms with Crippen molar-refractivity contribution in [1.82, 2.24) is 8.87 Å². The molecule has 0 aliphatic carbocycles. The van der Waals surface area contributed by atoms with Crippen LogP contribution in [0.4, 0.5) is 0 Å². The lowest BCUT2D eigenvalue weighted by atomic mass is 10.2. The minimum Gasteiger partial charge on any atom is -0.486 e. The molecule has 1 saturated heterocycles. The summed E-state index contributed by atoms with van der Waals surface area (Å²) in [7, 11) is -3.70. The molecule has 164 valence electrons. The van der Waals surface area contributed by atoms with Gasteiger partial charge in [0.1, 0.15) is 23.5 Å². The number of hydrogen-bond acceptors (Lipinski definition) is 7. The zero-order valence-corrected chi connectivity index (χ0v) is 19.3. The smallest absolute Gasteiger partial charge is 0.266 e. The monoisotopic (exact) mass is 479 g/mol. The molecule has 1 amide bonds. The Morgan fingerprint density at radius 3 is 2.74 bits per heavy atom. The summed E-state index contributed by atoms with van der Waals surface area (Å²) in [5.41, 5.74) is 0.915. The first kappa shape index (κ1) is 20.7. The lowest BCUT2D eigenvalue weighted by Gasteiger charge is -2.20. The minimum atomic E-state index is -3.70. The highest BCUT2D eigenvalue weighted by Crippen LogP contribution is 2.35. The van der Waals surface area contributed by atoms with Crippen LogP contribution in [0.2, 0.25) is 0 Å². The van der Waals surface area contributed by atoms with E-state index in [0.29, 0.717) is 55.4 Å². The fourth-order valence-electron chi connectivity index (χ4n) is 3.97. The van der Waals surface area contributed by atoms with Gasteiger partial charge in [0, 0.05) is 25.2 Å². The van der Waals surface area contributed by atoms with Gasteiger partial charge in [-0.1, -0.05) is 17.4 Å². The minimum absolute atomic E-state index is 0.253. The van der Waals surface area contributed by atoms with Crippen LogP contribution in [0, 0.1) is 0 Å². The molecular weight excluding hydrogens is 458 g/mol. The number of nitrogens with zero attached hydrogens (tertiary/aromatic N) is 3. The molecule has 1 fully saturated rings. The summed E-state index contributed by atoms with van der Waals surface area (Å²) in [6, 6.07) is 6.31. The Kier molecular flexibility index (Phi) is 5.37. The summed E-state index contributed by atoms with van der Waals surface area (Å²) in [6.07, 6.45) is 1.11. The number of fused-ring (bicyclic) bond motifs is 2. The molecule has 5 rings (SSSR count).